The first kappa shape index (κ1) is 8.84. The molecule has 3 nitrogen and oxygen atoms in total. The van der Waals surface area contributed by atoms with E-state index in [4.69, 9.17) is 5.73 Å². The summed E-state index contributed by atoms with van der Waals surface area (Å²) in [5, 5.41) is 0. The number of dihydropyridines is 1. The third-order valence-electron chi connectivity index (χ3n) is 1.99. The Bertz CT molecular complexity index is 395. The van der Waals surface area contributed by atoms with Crippen LogP contribution in [0, 0.1) is 6.04 Å². The molecule has 0 aromatic heterocycles. The van der Waals surface area contributed by atoms with Crippen molar-refractivity contribution >= 4 is 12.1 Å². The van der Waals surface area contributed by atoms with Gasteiger partial charge in [0.15, 0.2) is 0 Å². The van der Waals surface area contributed by atoms with E-state index in [1.165, 1.54) is 6.21 Å². The molecule has 0 saturated carbocycles. The summed E-state index contributed by atoms with van der Waals surface area (Å²) in [5.41, 5.74) is 7.00. The predicted octanol–water partition coefficient (Wildman–Crippen LogP) is 1.07. The van der Waals surface area contributed by atoms with Crippen molar-refractivity contribution in [1.29, 1.82) is 0 Å². The van der Waals surface area contributed by atoms with Crippen molar-refractivity contribution in [3.63, 3.8) is 0 Å². The van der Waals surface area contributed by atoms with Crippen molar-refractivity contribution in [3.05, 3.63) is 53.6 Å². The van der Waals surface area contributed by atoms with Crippen LogP contribution in [-0.2, 0) is 4.79 Å². The van der Waals surface area contributed by atoms with Crippen LogP contribution in [0.25, 0.3) is 0 Å². The van der Waals surface area contributed by atoms with Gasteiger partial charge in [-0.15, -0.1) is 0 Å². The molecule has 0 aromatic carbocycles. The number of aliphatic imine (C=N–C) groups is 1. The number of carbonyl (C=O) groups is 1. The van der Waals surface area contributed by atoms with Gasteiger partial charge in [0.05, 0.1) is 6.04 Å². The number of nitrogens with zero attached hydrogens (tertiary/aromatic N) is 1. The van der Waals surface area contributed by atoms with E-state index in [9.17, 15) is 4.79 Å². The molecule has 0 saturated heterocycles. The molecule has 2 N–H and O–H groups in total. The Balaban J connectivity index is 2.37. The lowest BCUT2D eigenvalue weighted by molar-refractivity contribution is -0.114. The van der Waals surface area contributed by atoms with Crippen LogP contribution < -0.4 is 5.73 Å². The average Bonchev–Trinajstić information content (AvgIpc) is 2.20. The molecule has 0 fully saturated rings. The lowest BCUT2D eigenvalue weighted by Gasteiger charge is -2.09. The van der Waals surface area contributed by atoms with Crippen LogP contribution in [0.3, 0.4) is 0 Å². The molecule has 2 aliphatic rings. The van der Waals surface area contributed by atoms with Crippen molar-refractivity contribution in [2.75, 3.05) is 0 Å². The number of amides is 1. The highest BCUT2D eigenvalue weighted by atomic mass is 16.1. The molecule has 0 aromatic rings. The molecule has 1 aliphatic carbocycles. The van der Waals surface area contributed by atoms with E-state index in [0.29, 0.717) is 11.6 Å². The van der Waals surface area contributed by atoms with Gasteiger partial charge in [-0.05, 0) is 17.7 Å². The molecule has 0 spiro atoms. The van der Waals surface area contributed by atoms with Gasteiger partial charge in [-0.1, -0.05) is 24.3 Å². The second-order valence-corrected chi connectivity index (χ2v) is 2.98. The molecular formula is C11H9N2O. The van der Waals surface area contributed by atoms with E-state index in [1.54, 1.807) is 24.3 Å². The summed E-state index contributed by atoms with van der Waals surface area (Å²) in [6.07, 6.45) is 12.1. The summed E-state index contributed by atoms with van der Waals surface area (Å²) in [6.45, 7) is 0. The van der Waals surface area contributed by atoms with Crippen LogP contribution in [0.1, 0.15) is 0 Å². The lowest BCUT2D eigenvalue weighted by Crippen LogP contribution is -2.08. The Morgan fingerprint density at radius 1 is 1.07 bits per heavy atom. The fraction of sp³-hybridized carbons (Fsp3) is 0. The van der Waals surface area contributed by atoms with Crippen molar-refractivity contribution in [2.45, 2.75) is 0 Å². The van der Waals surface area contributed by atoms with Crippen LogP contribution in [0.5, 0.6) is 0 Å². The van der Waals surface area contributed by atoms with Gasteiger partial charge >= 0.3 is 0 Å². The third kappa shape index (κ3) is 1.63. The molecule has 0 atom stereocenters. The van der Waals surface area contributed by atoms with E-state index in [0.717, 1.165) is 5.57 Å². The summed E-state index contributed by atoms with van der Waals surface area (Å²) in [4.78, 5) is 15.1. The second-order valence-electron chi connectivity index (χ2n) is 2.98. The molecule has 69 valence electrons. The smallest absolute Gasteiger partial charge is 0.277 e. The van der Waals surface area contributed by atoms with Crippen molar-refractivity contribution in [1.82, 2.24) is 0 Å². The zero-order valence-corrected chi connectivity index (χ0v) is 7.47. The van der Waals surface area contributed by atoms with Gasteiger partial charge in [-0.2, -0.15) is 0 Å². The van der Waals surface area contributed by atoms with Gasteiger partial charge in [-0.25, -0.2) is 4.99 Å². The van der Waals surface area contributed by atoms with E-state index in [1.807, 2.05) is 12.2 Å². The van der Waals surface area contributed by atoms with Crippen molar-refractivity contribution in [2.24, 2.45) is 10.7 Å². The molecule has 0 bridgehead atoms. The number of nitrogens with two attached hydrogens (primary N) is 1. The first-order valence-corrected chi connectivity index (χ1v) is 4.25. The molecule has 1 amide bonds. The zero-order valence-electron chi connectivity index (χ0n) is 7.47. The molecular weight excluding hydrogens is 176 g/mol. The zero-order chi connectivity index (χ0) is 9.97. The highest BCUT2D eigenvalue weighted by Crippen LogP contribution is 2.18. The maximum atomic E-state index is 11.4. The summed E-state index contributed by atoms with van der Waals surface area (Å²) >= 11 is 0. The largest absolute Gasteiger partial charge is 0.317 e. The van der Waals surface area contributed by atoms with E-state index in [-0.39, 0.29) is 5.91 Å². The van der Waals surface area contributed by atoms with Gasteiger partial charge in [0.1, 0.15) is 0 Å². The van der Waals surface area contributed by atoms with Crippen LogP contribution >= 0.6 is 0 Å². The van der Waals surface area contributed by atoms with Crippen molar-refractivity contribution < 1.29 is 4.79 Å². The molecule has 0 unspecified atom stereocenters. The SMILES string of the molecule is N[C]1C=CC(=C2C=CC=NC2=O)C=C1. The standard InChI is InChI=1S/C11H9N2O/c12-9-5-3-8(4-6-9)10-2-1-7-13-11(10)14/h1-7H,12H2. The number of hydrogen-bond donors (Lipinski definition) is 1. The van der Waals surface area contributed by atoms with Gasteiger partial charge in [0.25, 0.3) is 5.91 Å². The predicted molar refractivity (Wildman–Crippen MR) is 55.4 cm³/mol. The Kier molecular flexibility index (Phi) is 2.24. The first-order valence-electron chi connectivity index (χ1n) is 4.25. The number of allylic oxidation sites excluding steroid dienone is 4. The summed E-state index contributed by atoms with van der Waals surface area (Å²) in [6, 6.07) is 0.685. The monoisotopic (exact) mass is 185 g/mol. The number of carbonyl (C=O) groups excluding carboxylic acids is 1. The van der Waals surface area contributed by atoms with E-state index < -0.39 is 0 Å². The van der Waals surface area contributed by atoms with Crippen LogP contribution in [0.2, 0.25) is 0 Å². The normalized spacial score (nSPS) is 21.1. The number of rotatable bonds is 0. The average molecular weight is 185 g/mol. The maximum Gasteiger partial charge on any atom is 0.277 e. The van der Waals surface area contributed by atoms with E-state index in [2.05, 4.69) is 4.99 Å². The van der Waals surface area contributed by atoms with Crippen LogP contribution in [0.15, 0.2) is 52.6 Å². The summed E-state index contributed by atoms with van der Waals surface area (Å²) in [7, 11) is 0. The first-order chi connectivity index (χ1) is 6.77. The Morgan fingerprint density at radius 2 is 1.79 bits per heavy atom. The van der Waals surface area contributed by atoms with Gasteiger partial charge in [0, 0.05) is 11.8 Å². The molecule has 3 heteroatoms. The number of hydrogen-bond acceptors (Lipinski definition) is 2. The minimum atomic E-state index is -0.211. The van der Waals surface area contributed by atoms with Gasteiger partial charge < -0.3 is 5.73 Å². The molecule has 14 heavy (non-hydrogen) atoms. The fourth-order valence-corrected chi connectivity index (χ4v) is 1.27. The van der Waals surface area contributed by atoms with Gasteiger partial charge in [0.2, 0.25) is 0 Å². The summed E-state index contributed by atoms with van der Waals surface area (Å²) < 4.78 is 0. The third-order valence-corrected chi connectivity index (χ3v) is 1.99. The molecule has 1 radical (unpaired) electrons. The minimum Gasteiger partial charge on any atom is -0.317 e. The lowest BCUT2D eigenvalue weighted by atomic mass is 10.00. The highest BCUT2D eigenvalue weighted by Gasteiger charge is 2.12. The quantitative estimate of drug-likeness (QED) is 0.574. The second kappa shape index (κ2) is 3.55. The highest BCUT2D eigenvalue weighted by molar-refractivity contribution is 6.06. The van der Waals surface area contributed by atoms with Crippen molar-refractivity contribution in [3.8, 4) is 0 Å². The Labute approximate surface area is 82.0 Å². The topological polar surface area (TPSA) is 55.4 Å². The van der Waals surface area contributed by atoms with Crippen LogP contribution in [-0.4, -0.2) is 12.1 Å². The maximum absolute atomic E-state index is 11.4. The Morgan fingerprint density at radius 3 is 2.43 bits per heavy atom. The molecule has 1 heterocycles. The minimum absolute atomic E-state index is 0.211. The Hall–Kier alpha value is -1.74. The van der Waals surface area contributed by atoms with Gasteiger partial charge in [-0.3, -0.25) is 4.79 Å². The van der Waals surface area contributed by atoms with Crippen LogP contribution in [0.4, 0.5) is 0 Å². The fourth-order valence-electron chi connectivity index (χ4n) is 1.27. The summed E-state index contributed by atoms with van der Waals surface area (Å²) in [5.74, 6) is -0.211. The van der Waals surface area contributed by atoms with E-state index >= 15 is 0 Å². The molecule has 2 rings (SSSR count). The molecule has 1 aliphatic heterocycles.